The molecular formula is C17H28N2O4+2. The van der Waals surface area contributed by atoms with Crippen molar-refractivity contribution in [3.05, 3.63) is 24.3 Å². The van der Waals surface area contributed by atoms with E-state index in [-0.39, 0.29) is 6.10 Å². The van der Waals surface area contributed by atoms with E-state index < -0.39 is 6.10 Å². The number of aliphatic hydroxyl groups is 1. The first-order chi connectivity index (χ1) is 11.2. The predicted octanol–water partition coefficient (Wildman–Crippen LogP) is -2.38. The number of piperazine rings is 1. The molecule has 128 valence electrons. The van der Waals surface area contributed by atoms with Gasteiger partial charge in [0.05, 0.1) is 20.3 Å². The largest absolute Gasteiger partial charge is 0.486 e. The minimum atomic E-state index is -0.416. The fourth-order valence-corrected chi connectivity index (χ4v) is 3.11. The van der Waals surface area contributed by atoms with E-state index in [4.69, 9.17) is 14.2 Å². The number of ether oxygens (including phenoxy) is 3. The molecule has 2 atom stereocenters. The summed E-state index contributed by atoms with van der Waals surface area (Å²) in [6.45, 7) is 6.64. The van der Waals surface area contributed by atoms with Crippen LogP contribution >= 0.6 is 0 Å². The summed E-state index contributed by atoms with van der Waals surface area (Å²) in [5.41, 5.74) is 0. The Kier molecular flexibility index (Phi) is 5.72. The van der Waals surface area contributed by atoms with Crippen molar-refractivity contribution in [1.29, 1.82) is 0 Å². The Labute approximate surface area is 137 Å². The first-order valence-corrected chi connectivity index (χ1v) is 8.50. The number of benzene rings is 1. The Bertz CT molecular complexity index is 491. The number of hydrogen-bond donors (Lipinski definition) is 3. The quantitative estimate of drug-likeness (QED) is 0.547. The maximum absolute atomic E-state index is 10.1. The molecule has 1 aromatic carbocycles. The van der Waals surface area contributed by atoms with Crippen molar-refractivity contribution in [2.45, 2.75) is 12.2 Å². The topological polar surface area (TPSA) is 56.8 Å². The molecule has 0 unspecified atom stereocenters. The molecule has 0 aromatic heterocycles. The normalized spacial score (nSPS) is 28.3. The van der Waals surface area contributed by atoms with Crippen molar-refractivity contribution in [2.75, 3.05) is 59.6 Å². The van der Waals surface area contributed by atoms with Gasteiger partial charge >= 0.3 is 0 Å². The monoisotopic (exact) mass is 324 g/mol. The molecule has 3 rings (SSSR count). The van der Waals surface area contributed by atoms with Gasteiger partial charge in [-0.05, 0) is 12.1 Å². The van der Waals surface area contributed by atoms with E-state index in [9.17, 15) is 5.11 Å². The number of quaternary nitrogens is 2. The summed E-state index contributed by atoms with van der Waals surface area (Å²) in [6.07, 6.45) is -0.531. The number of likely N-dealkylation sites (N-methyl/N-ethyl adjacent to an activating group) is 1. The average molecular weight is 324 g/mol. The number of aliphatic hydroxyl groups excluding tert-OH is 1. The molecule has 0 amide bonds. The summed E-state index contributed by atoms with van der Waals surface area (Å²) < 4.78 is 17.1. The van der Waals surface area contributed by atoms with Crippen LogP contribution in [0.4, 0.5) is 0 Å². The van der Waals surface area contributed by atoms with Crippen LogP contribution in [0.3, 0.4) is 0 Å². The van der Waals surface area contributed by atoms with Crippen LogP contribution in [0.15, 0.2) is 24.3 Å². The van der Waals surface area contributed by atoms with Gasteiger partial charge in [-0.3, -0.25) is 0 Å². The van der Waals surface area contributed by atoms with Gasteiger partial charge in [-0.1, -0.05) is 12.1 Å². The third kappa shape index (κ3) is 4.81. The summed E-state index contributed by atoms with van der Waals surface area (Å²) in [7, 11) is 2.22. The van der Waals surface area contributed by atoms with Crippen molar-refractivity contribution in [3.63, 3.8) is 0 Å². The Balaban J connectivity index is 1.34. The predicted molar refractivity (Wildman–Crippen MR) is 85.4 cm³/mol. The smallest absolute Gasteiger partial charge is 0.161 e. The molecule has 2 heterocycles. The summed E-state index contributed by atoms with van der Waals surface area (Å²) in [6, 6.07) is 7.65. The second kappa shape index (κ2) is 7.97. The van der Waals surface area contributed by atoms with E-state index in [0.717, 1.165) is 31.1 Å². The molecular weight excluding hydrogens is 296 g/mol. The fourth-order valence-electron chi connectivity index (χ4n) is 3.11. The molecule has 2 aliphatic heterocycles. The third-order valence-corrected chi connectivity index (χ3v) is 4.52. The summed E-state index contributed by atoms with van der Waals surface area (Å²) in [5, 5.41) is 10.1. The Morgan fingerprint density at radius 2 is 1.96 bits per heavy atom. The van der Waals surface area contributed by atoms with Crippen LogP contribution in [-0.4, -0.2) is 76.9 Å². The van der Waals surface area contributed by atoms with Gasteiger partial charge in [0.25, 0.3) is 0 Å². The van der Waals surface area contributed by atoms with Gasteiger partial charge in [-0.25, -0.2) is 0 Å². The SMILES string of the molecule is C[NH+]1CC[NH+](C[C@H](O)COC[C@H]2COc3ccccc3O2)CC1. The van der Waals surface area contributed by atoms with E-state index in [2.05, 4.69) is 7.05 Å². The van der Waals surface area contributed by atoms with Crippen LogP contribution in [-0.2, 0) is 4.74 Å². The first kappa shape index (κ1) is 16.5. The van der Waals surface area contributed by atoms with E-state index >= 15 is 0 Å². The molecule has 0 spiro atoms. The Morgan fingerprint density at radius 3 is 2.74 bits per heavy atom. The summed E-state index contributed by atoms with van der Waals surface area (Å²) >= 11 is 0. The molecule has 6 heteroatoms. The zero-order chi connectivity index (χ0) is 16.1. The maximum Gasteiger partial charge on any atom is 0.161 e. The highest BCUT2D eigenvalue weighted by atomic mass is 16.6. The van der Waals surface area contributed by atoms with E-state index in [1.165, 1.54) is 18.0 Å². The molecule has 1 aromatic rings. The van der Waals surface area contributed by atoms with Crippen molar-refractivity contribution < 1.29 is 29.1 Å². The van der Waals surface area contributed by atoms with Crippen LogP contribution in [0.2, 0.25) is 0 Å². The van der Waals surface area contributed by atoms with Gasteiger partial charge in [0.1, 0.15) is 45.4 Å². The first-order valence-electron chi connectivity index (χ1n) is 8.50. The van der Waals surface area contributed by atoms with Crippen molar-refractivity contribution >= 4 is 0 Å². The molecule has 3 N–H and O–H groups in total. The summed E-state index contributed by atoms with van der Waals surface area (Å²) in [5.74, 6) is 1.54. The summed E-state index contributed by atoms with van der Waals surface area (Å²) in [4.78, 5) is 3.05. The van der Waals surface area contributed by atoms with Crippen LogP contribution in [0, 0.1) is 0 Å². The third-order valence-electron chi connectivity index (χ3n) is 4.52. The molecule has 0 saturated carbocycles. The molecule has 0 bridgehead atoms. The van der Waals surface area contributed by atoms with Gasteiger partial charge < -0.3 is 29.1 Å². The standard InChI is InChI=1S/C17H26N2O4/c1-18-6-8-19(9-7-18)10-14(20)11-21-12-15-13-22-16-4-2-3-5-17(16)23-15/h2-5,14-15,20H,6-13H2,1H3/p+2/t14-,15-/m0/s1. The number of rotatable bonds is 6. The lowest BCUT2D eigenvalue weighted by atomic mass is 10.2. The van der Waals surface area contributed by atoms with Crippen LogP contribution in [0.1, 0.15) is 0 Å². The minimum absolute atomic E-state index is 0.114. The number of para-hydroxylation sites is 2. The van der Waals surface area contributed by atoms with Crippen LogP contribution in [0.25, 0.3) is 0 Å². The molecule has 1 saturated heterocycles. The molecule has 23 heavy (non-hydrogen) atoms. The van der Waals surface area contributed by atoms with E-state index in [0.29, 0.717) is 19.8 Å². The molecule has 6 nitrogen and oxygen atoms in total. The van der Waals surface area contributed by atoms with Crippen LogP contribution in [0.5, 0.6) is 11.5 Å². The molecule has 1 fully saturated rings. The molecule has 0 aliphatic carbocycles. The number of fused-ring (bicyclic) bond motifs is 1. The number of nitrogens with one attached hydrogen (secondary N) is 2. The Morgan fingerprint density at radius 1 is 1.22 bits per heavy atom. The lowest BCUT2D eigenvalue weighted by Crippen LogP contribution is -3.27. The highest BCUT2D eigenvalue weighted by Crippen LogP contribution is 2.30. The Hall–Kier alpha value is -1.34. The van der Waals surface area contributed by atoms with Crippen LogP contribution < -0.4 is 19.3 Å². The van der Waals surface area contributed by atoms with Crippen molar-refractivity contribution in [2.24, 2.45) is 0 Å². The zero-order valence-electron chi connectivity index (χ0n) is 13.8. The van der Waals surface area contributed by atoms with Gasteiger partial charge in [0.15, 0.2) is 17.6 Å². The minimum Gasteiger partial charge on any atom is -0.486 e. The van der Waals surface area contributed by atoms with E-state index in [1.54, 1.807) is 4.90 Å². The molecule has 0 radical (unpaired) electrons. The molecule has 2 aliphatic rings. The lowest BCUT2D eigenvalue weighted by molar-refractivity contribution is -1.00. The average Bonchev–Trinajstić information content (AvgIpc) is 2.57. The van der Waals surface area contributed by atoms with Crippen molar-refractivity contribution in [3.8, 4) is 11.5 Å². The number of hydrogen-bond acceptors (Lipinski definition) is 4. The second-order valence-electron chi connectivity index (χ2n) is 6.60. The van der Waals surface area contributed by atoms with Crippen molar-refractivity contribution in [1.82, 2.24) is 0 Å². The van der Waals surface area contributed by atoms with Gasteiger partial charge in [-0.15, -0.1) is 0 Å². The second-order valence-corrected chi connectivity index (χ2v) is 6.60. The highest BCUT2D eigenvalue weighted by Gasteiger charge is 2.24. The van der Waals surface area contributed by atoms with Gasteiger partial charge in [0.2, 0.25) is 0 Å². The van der Waals surface area contributed by atoms with Gasteiger partial charge in [0, 0.05) is 0 Å². The maximum atomic E-state index is 10.1. The lowest BCUT2D eigenvalue weighted by Gasteiger charge is -2.29. The zero-order valence-corrected chi connectivity index (χ0v) is 13.8. The fraction of sp³-hybridized carbons (Fsp3) is 0.647. The van der Waals surface area contributed by atoms with E-state index in [1.807, 2.05) is 24.3 Å². The highest BCUT2D eigenvalue weighted by molar-refractivity contribution is 5.40. The van der Waals surface area contributed by atoms with Gasteiger partial charge in [-0.2, -0.15) is 0 Å².